The number of fused-ring (bicyclic) bond motifs is 11. The van der Waals surface area contributed by atoms with Gasteiger partial charge in [-0.15, -0.1) is 22.7 Å². The van der Waals surface area contributed by atoms with Crippen LogP contribution in [0.2, 0.25) is 0 Å². The molecule has 3 nitrogen and oxygen atoms in total. The molecule has 4 heterocycles. The molecular weight excluding hydrogens is 577 g/mol. The molecule has 0 atom stereocenters. The maximum atomic E-state index is 6.34. The average Bonchev–Trinajstić information content (AvgIpc) is 3.75. The molecule has 0 saturated heterocycles. The van der Waals surface area contributed by atoms with Gasteiger partial charge in [0, 0.05) is 58.5 Å². The van der Waals surface area contributed by atoms with E-state index in [9.17, 15) is 0 Å². The summed E-state index contributed by atoms with van der Waals surface area (Å²) >= 11 is 3.66. The number of furan rings is 1. The monoisotopic (exact) mass is 598 g/mol. The predicted octanol–water partition coefficient (Wildman–Crippen LogP) is 12.3. The Morgan fingerprint density at radius 1 is 0.477 bits per heavy atom. The third-order valence-corrected chi connectivity index (χ3v) is 11.0. The molecule has 206 valence electrons. The molecule has 0 aliphatic heterocycles. The second kappa shape index (κ2) is 9.13. The molecule has 0 aliphatic rings. The van der Waals surface area contributed by atoms with Crippen LogP contribution in [0.4, 0.5) is 17.1 Å². The molecule has 0 saturated carbocycles. The molecule has 10 aromatic rings. The number of nitrogens with zero attached hydrogens (tertiary/aromatic N) is 2. The van der Waals surface area contributed by atoms with Crippen molar-refractivity contribution >= 4 is 113 Å². The summed E-state index contributed by atoms with van der Waals surface area (Å²) in [5, 5.41) is 8.57. The Labute approximate surface area is 259 Å². The average molecular weight is 599 g/mol. The van der Waals surface area contributed by atoms with Gasteiger partial charge >= 0.3 is 0 Å². The highest BCUT2D eigenvalue weighted by Gasteiger charge is 2.19. The zero-order valence-corrected chi connectivity index (χ0v) is 25.0. The quantitative estimate of drug-likeness (QED) is 0.203. The van der Waals surface area contributed by atoms with E-state index in [0.29, 0.717) is 0 Å². The lowest BCUT2D eigenvalue weighted by Gasteiger charge is -2.25. The number of benzene rings is 6. The Morgan fingerprint density at radius 3 is 2.09 bits per heavy atom. The van der Waals surface area contributed by atoms with Gasteiger partial charge in [0.25, 0.3) is 0 Å². The lowest BCUT2D eigenvalue weighted by Crippen LogP contribution is -2.10. The molecule has 4 aromatic heterocycles. The van der Waals surface area contributed by atoms with Crippen LogP contribution in [0, 0.1) is 0 Å². The van der Waals surface area contributed by atoms with E-state index >= 15 is 0 Å². The number of rotatable bonds is 3. The number of pyridine rings is 1. The van der Waals surface area contributed by atoms with Crippen molar-refractivity contribution in [1.82, 2.24) is 4.98 Å². The highest BCUT2D eigenvalue weighted by molar-refractivity contribution is 7.26. The summed E-state index contributed by atoms with van der Waals surface area (Å²) in [5.74, 6) is 0. The fourth-order valence-electron chi connectivity index (χ4n) is 6.64. The van der Waals surface area contributed by atoms with E-state index in [2.05, 4.69) is 120 Å². The van der Waals surface area contributed by atoms with Crippen molar-refractivity contribution in [2.24, 2.45) is 0 Å². The van der Waals surface area contributed by atoms with Crippen LogP contribution < -0.4 is 4.90 Å². The van der Waals surface area contributed by atoms with Gasteiger partial charge in [-0.1, -0.05) is 78.9 Å². The van der Waals surface area contributed by atoms with Gasteiger partial charge in [-0.25, -0.2) is 0 Å². The smallest absolute Gasteiger partial charge is 0.137 e. The fraction of sp³-hybridized carbons (Fsp3) is 0. The Balaban J connectivity index is 1.21. The van der Waals surface area contributed by atoms with Gasteiger partial charge in [-0.05, 0) is 53.2 Å². The summed E-state index contributed by atoms with van der Waals surface area (Å²) in [7, 11) is 0. The van der Waals surface area contributed by atoms with Crippen LogP contribution in [0.5, 0.6) is 0 Å². The van der Waals surface area contributed by atoms with Crippen molar-refractivity contribution in [2.45, 2.75) is 0 Å². The number of para-hydroxylation sites is 1. The molecule has 0 spiro atoms. The summed E-state index contributed by atoms with van der Waals surface area (Å²) in [4.78, 5) is 7.40. The lowest BCUT2D eigenvalue weighted by atomic mass is 10.1. The molecule has 0 amide bonds. The summed E-state index contributed by atoms with van der Waals surface area (Å²) in [5.41, 5.74) is 5.96. The van der Waals surface area contributed by atoms with Gasteiger partial charge in [-0.2, -0.15) is 0 Å². The van der Waals surface area contributed by atoms with Crippen LogP contribution in [-0.4, -0.2) is 4.98 Å². The van der Waals surface area contributed by atoms with Gasteiger partial charge in [0.15, 0.2) is 0 Å². The summed E-state index contributed by atoms with van der Waals surface area (Å²) < 4.78 is 11.4. The first kappa shape index (κ1) is 24.2. The predicted molar refractivity (Wildman–Crippen MR) is 189 cm³/mol. The standard InChI is InChI=1S/C39H22N2OS2/c1-2-8-27-23(7-1)13-16-32-38-37(44-39(27)32)21-26(22-40-38)41(24-14-17-29-28-9-3-5-11-33(28)42-34(29)19-24)25-15-18-31-30-10-4-6-12-35(30)43-36(31)20-25/h1-22H. The Hall–Kier alpha value is -5.23. The number of anilines is 3. The molecule has 0 aliphatic carbocycles. The molecule has 44 heavy (non-hydrogen) atoms. The topological polar surface area (TPSA) is 29.3 Å². The minimum atomic E-state index is 0.874. The number of hydrogen-bond acceptors (Lipinski definition) is 5. The van der Waals surface area contributed by atoms with Gasteiger partial charge in [0.1, 0.15) is 11.2 Å². The van der Waals surface area contributed by atoms with Crippen molar-refractivity contribution in [2.75, 3.05) is 4.90 Å². The Bertz CT molecular complexity index is 2640. The number of hydrogen-bond donors (Lipinski definition) is 0. The number of thiophene rings is 2. The van der Waals surface area contributed by atoms with E-state index in [4.69, 9.17) is 9.40 Å². The first-order chi connectivity index (χ1) is 21.8. The first-order valence-corrected chi connectivity index (χ1v) is 16.2. The van der Waals surface area contributed by atoms with E-state index in [0.717, 1.165) is 44.5 Å². The van der Waals surface area contributed by atoms with Gasteiger partial charge in [0.2, 0.25) is 0 Å². The third-order valence-electron chi connectivity index (χ3n) is 8.68. The van der Waals surface area contributed by atoms with Crippen LogP contribution in [0.15, 0.2) is 138 Å². The molecule has 0 radical (unpaired) electrons. The highest BCUT2D eigenvalue weighted by Crippen LogP contribution is 2.44. The highest BCUT2D eigenvalue weighted by atomic mass is 32.1. The minimum absolute atomic E-state index is 0.874. The summed E-state index contributed by atoms with van der Waals surface area (Å²) in [6, 6.07) is 45.5. The lowest BCUT2D eigenvalue weighted by molar-refractivity contribution is 0.669. The van der Waals surface area contributed by atoms with Gasteiger partial charge in [0.05, 0.1) is 22.1 Å². The van der Waals surface area contributed by atoms with Crippen LogP contribution in [-0.2, 0) is 0 Å². The zero-order valence-electron chi connectivity index (χ0n) is 23.3. The SMILES string of the molecule is c1ccc2c(c1)ccc1c3ncc(N(c4ccc5c(c4)oc4ccccc45)c4ccc5c(c4)sc4ccccc45)cc3sc21. The van der Waals surface area contributed by atoms with Crippen LogP contribution >= 0.6 is 22.7 Å². The normalized spacial score (nSPS) is 12.1. The van der Waals surface area contributed by atoms with Crippen molar-refractivity contribution in [3.8, 4) is 0 Å². The van der Waals surface area contributed by atoms with E-state index in [1.165, 1.54) is 45.7 Å². The number of aromatic nitrogens is 1. The summed E-state index contributed by atoms with van der Waals surface area (Å²) in [6.45, 7) is 0. The van der Waals surface area contributed by atoms with Crippen molar-refractivity contribution in [3.05, 3.63) is 134 Å². The third kappa shape index (κ3) is 3.51. The van der Waals surface area contributed by atoms with Crippen LogP contribution in [0.25, 0.3) is 73.2 Å². The molecule has 0 N–H and O–H groups in total. The molecule has 10 rings (SSSR count). The van der Waals surface area contributed by atoms with Crippen LogP contribution in [0.1, 0.15) is 0 Å². The minimum Gasteiger partial charge on any atom is -0.456 e. The van der Waals surface area contributed by atoms with Crippen molar-refractivity contribution < 1.29 is 4.42 Å². The fourth-order valence-corrected chi connectivity index (χ4v) is 9.01. The van der Waals surface area contributed by atoms with Crippen molar-refractivity contribution in [3.63, 3.8) is 0 Å². The molecule has 0 bridgehead atoms. The molecule has 6 aromatic carbocycles. The largest absolute Gasteiger partial charge is 0.456 e. The zero-order chi connectivity index (χ0) is 28.8. The molecule has 5 heteroatoms. The van der Waals surface area contributed by atoms with Crippen molar-refractivity contribution in [1.29, 1.82) is 0 Å². The maximum absolute atomic E-state index is 6.34. The van der Waals surface area contributed by atoms with E-state index in [-0.39, 0.29) is 0 Å². The molecular formula is C39H22N2OS2. The van der Waals surface area contributed by atoms with E-state index < -0.39 is 0 Å². The second-order valence-electron chi connectivity index (χ2n) is 11.2. The van der Waals surface area contributed by atoms with Gasteiger partial charge < -0.3 is 9.32 Å². The summed E-state index contributed by atoms with van der Waals surface area (Å²) in [6.07, 6.45) is 2.02. The van der Waals surface area contributed by atoms with E-state index in [1.807, 2.05) is 41.0 Å². The molecule has 0 unspecified atom stereocenters. The molecule has 0 fully saturated rings. The Morgan fingerprint density at radius 2 is 1.16 bits per heavy atom. The van der Waals surface area contributed by atoms with Gasteiger partial charge in [-0.3, -0.25) is 4.98 Å². The van der Waals surface area contributed by atoms with E-state index in [1.54, 1.807) is 0 Å². The first-order valence-electron chi connectivity index (χ1n) is 14.6. The Kier molecular flexibility index (Phi) is 5.03. The maximum Gasteiger partial charge on any atom is 0.137 e. The second-order valence-corrected chi connectivity index (χ2v) is 13.3. The van der Waals surface area contributed by atoms with Crippen LogP contribution in [0.3, 0.4) is 0 Å².